The Labute approximate surface area is 204 Å². The first-order valence-corrected chi connectivity index (χ1v) is 13.1. The number of thioether (sulfide) groups is 1. The van der Waals surface area contributed by atoms with E-state index in [9.17, 15) is 19.5 Å². The van der Waals surface area contributed by atoms with E-state index < -0.39 is 29.2 Å². The van der Waals surface area contributed by atoms with Crippen molar-refractivity contribution in [3.63, 3.8) is 0 Å². The van der Waals surface area contributed by atoms with E-state index in [1.54, 1.807) is 5.38 Å². The zero-order chi connectivity index (χ0) is 24.0. The third-order valence-corrected chi connectivity index (χ3v) is 9.27. The lowest BCUT2D eigenvalue weighted by molar-refractivity contribution is -0.938. The van der Waals surface area contributed by atoms with E-state index in [0.717, 1.165) is 46.9 Å². The molecule has 6 heterocycles. The largest absolute Gasteiger partial charge is 0.477 e. The predicted octanol–water partition coefficient (Wildman–Crippen LogP) is 0.445. The third-order valence-electron chi connectivity index (χ3n) is 7.26. The molecule has 1 aromatic heterocycles. The van der Waals surface area contributed by atoms with Gasteiger partial charge in [0.25, 0.3) is 11.8 Å². The number of thiazole rings is 1. The minimum Gasteiger partial charge on any atom is -0.477 e. The Kier molecular flexibility index (Phi) is 6.02. The molecule has 0 spiro atoms. The molecule has 4 saturated heterocycles. The quantitative estimate of drug-likeness (QED) is 0.209. The number of aromatic nitrogens is 1. The van der Waals surface area contributed by atoms with Crippen LogP contribution < -0.4 is 11.1 Å². The summed E-state index contributed by atoms with van der Waals surface area (Å²) in [5, 5.41) is 17.8. The van der Waals surface area contributed by atoms with Crippen LogP contribution in [0.3, 0.4) is 0 Å². The second kappa shape index (κ2) is 8.86. The first-order chi connectivity index (χ1) is 16.3. The van der Waals surface area contributed by atoms with Gasteiger partial charge >= 0.3 is 5.97 Å². The van der Waals surface area contributed by atoms with Crippen LogP contribution in [-0.4, -0.2) is 93.4 Å². The fraction of sp³-hybridized carbons (Fsp3) is 0.571. The van der Waals surface area contributed by atoms with Gasteiger partial charge in [-0.1, -0.05) is 5.16 Å². The summed E-state index contributed by atoms with van der Waals surface area (Å²) >= 11 is 2.64. The van der Waals surface area contributed by atoms with Gasteiger partial charge in [0.15, 0.2) is 10.8 Å². The number of carbonyl (C=O) groups excluding carboxylic acids is 2. The van der Waals surface area contributed by atoms with E-state index >= 15 is 0 Å². The lowest BCUT2D eigenvalue weighted by atomic mass is 9.85. The molecule has 13 heteroatoms. The highest BCUT2D eigenvalue weighted by atomic mass is 32.2. The molecule has 4 fully saturated rings. The minimum absolute atomic E-state index is 0.0810. The monoisotopic (exact) mass is 507 g/mol. The van der Waals surface area contributed by atoms with Gasteiger partial charge in [-0.25, -0.2) is 9.78 Å². The van der Waals surface area contributed by atoms with Gasteiger partial charge in [-0.05, 0) is 25.2 Å². The van der Waals surface area contributed by atoms with Crippen LogP contribution in [0.2, 0.25) is 0 Å². The summed E-state index contributed by atoms with van der Waals surface area (Å²) in [6, 6.07) is -0.857. The molecule has 5 aliphatic rings. The molecule has 0 unspecified atom stereocenters. The number of amides is 2. The maximum atomic E-state index is 13.1. The molecular formula is C21H27N6O5S2+. The number of hydrogen-bond acceptors (Lipinski definition) is 9. The molecule has 4 N–H and O–H groups in total. The van der Waals surface area contributed by atoms with Crippen LogP contribution in [0.25, 0.3) is 0 Å². The number of aliphatic carboxylic acids is 1. The van der Waals surface area contributed by atoms with Crippen molar-refractivity contribution in [2.24, 2.45) is 11.1 Å². The van der Waals surface area contributed by atoms with Crippen LogP contribution >= 0.6 is 23.1 Å². The third kappa shape index (κ3) is 3.95. The van der Waals surface area contributed by atoms with Gasteiger partial charge in [0.1, 0.15) is 36.5 Å². The summed E-state index contributed by atoms with van der Waals surface area (Å²) in [6.45, 7) is 3.89. The number of rotatable bonds is 7. The number of oxime groups is 1. The number of nitrogens with one attached hydrogen (secondary N) is 1. The SMILES string of the molecule is CO/N=C(\C(=O)N[C@@H]1C(=O)N2C(C(=O)O)=C(C[N+]34CCC(CC3)CC4)CS[C@@H]12)c1csc(N)n1. The number of anilines is 1. The van der Waals surface area contributed by atoms with Gasteiger partial charge in [-0.3, -0.25) is 14.5 Å². The van der Waals surface area contributed by atoms with Crippen LogP contribution in [0.4, 0.5) is 5.13 Å². The summed E-state index contributed by atoms with van der Waals surface area (Å²) in [5.41, 5.74) is 6.70. The fourth-order valence-electron chi connectivity index (χ4n) is 5.49. The summed E-state index contributed by atoms with van der Waals surface area (Å²) in [7, 11) is 1.30. The molecule has 182 valence electrons. The second-order valence-electron chi connectivity index (χ2n) is 9.21. The molecular weight excluding hydrogens is 480 g/mol. The van der Waals surface area contributed by atoms with Crippen LogP contribution in [0, 0.1) is 5.92 Å². The topological polar surface area (TPSA) is 147 Å². The van der Waals surface area contributed by atoms with E-state index in [2.05, 4.69) is 15.5 Å². The predicted molar refractivity (Wildman–Crippen MR) is 127 cm³/mol. The Morgan fingerprint density at radius 3 is 2.65 bits per heavy atom. The van der Waals surface area contributed by atoms with Crippen molar-refractivity contribution in [3.05, 3.63) is 22.3 Å². The number of β-lactam (4-membered cyclic amide) rings is 1. The lowest BCUT2D eigenvalue weighted by Crippen LogP contribution is -2.71. The standard InChI is InChI=1S/C21H26N6O5S2/c1-32-25-14(13-10-34-21(22)23-13)17(28)24-15-18(29)26-16(20(30)31)12(9-33-19(15)26)8-27-5-2-11(3-6-27)4-7-27/h10-11,15,19H,2-9H2,1H3,(H3-,22,23,24,28,30,31)/p+1/b25-14-/t11?,15-,19+,27?/m1/s1. The molecule has 1 aromatic rings. The second-order valence-corrected chi connectivity index (χ2v) is 11.2. The van der Waals surface area contributed by atoms with Crippen molar-refractivity contribution in [3.8, 4) is 0 Å². The van der Waals surface area contributed by atoms with Crippen molar-refractivity contribution >= 4 is 51.7 Å². The van der Waals surface area contributed by atoms with Crippen molar-refractivity contribution in [2.45, 2.75) is 30.7 Å². The van der Waals surface area contributed by atoms with Crippen LogP contribution in [0.1, 0.15) is 25.0 Å². The molecule has 2 bridgehead atoms. The number of quaternary nitrogens is 1. The lowest BCUT2D eigenvalue weighted by Gasteiger charge is -2.52. The van der Waals surface area contributed by atoms with E-state index in [0.29, 0.717) is 12.3 Å². The number of piperidine rings is 3. The van der Waals surface area contributed by atoms with Gasteiger partial charge in [-0.15, -0.1) is 23.1 Å². The molecule has 0 aliphatic carbocycles. The first-order valence-electron chi connectivity index (χ1n) is 11.2. The Balaban J connectivity index is 1.33. The number of carboxylic acids is 1. The Morgan fingerprint density at radius 2 is 2.06 bits per heavy atom. The Bertz CT molecular complexity index is 1080. The van der Waals surface area contributed by atoms with Gasteiger partial charge in [-0.2, -0.15) is 0 Å². The first kappa shape index (κ1) is 23.1. The van der Waals surface area contributed by atoms with Gasteiger partial charge in [0.05, 0.1) is 19.6 Å². The molecule has 11 nitrogen and oxygen atoms in total. The highest BCUT2D eigenvalue weighted by Crippen LogP contribution is 2.42. The number of fused-ring (bicyclic) bond motifs is 4. The van der Waals surface area contributed by atoms with Crippen molar-refractivity contribution in [2.75, 3.05) is 44.8 Å². The molecule has 34 heavy (non-hydrogen) atoms. The summed E-state index contributed by atoms with van der Waals surface area (Å²) in [6.07, 6.45) is 3.58. The number of nitrogens with two attached hydrogens (primary N) is 1. The molecule has 5 aliphatic heterocycles. The van der Waals surface area contributed by atoms with Crippen molar-refractivity contribution in [1.82, 2.24) is 15.2 Å². The maximum Gasteiger partial charge on any atom is 0.352 e. The fourth-order valence-corrected chi connectivity index (χ4v) is 7.37. The molecule has 0 saturated carbocycles. The Hall–Kier alpha value is -2.64. The highest BCUT2D eigenvalue weighted by Gasteiger charge is 2.55. The highest BCUT2D eigenvalue weighted by molar-refractivity contribution is 8.00. The molecule has 0 radical (unpaired) electrons. The van der Waals surface area contributed by atoms with Crippen LogP contribution in [-0.2, 0) is 19.2 Å². The zero-order valence-electron chi connectivity index (χ0n) is 18.7. The average Bonchev–Trinajstić information content (AvgIpc) is 3.27. The summed E-state index contributed by atoms with van der Waals surface area (Å²) < 4.78 is 0.920. The minimum atomic E-state index is -1.09. The van der Waals surface area contributed by atoms with Crippen LogP contribution in [0.15, 0.2) is 21.8 Å². The normalized spacial score (nSPS) is 30.6. The smallest absolute Gasteiger partial charge is 0.352 e. The Morgan fingerprint density at radius 1 is 1.35 bits per heavy atom. The van der Waals surface area contributed by atoms with E-state index in [-0.39, 0.29) is 22.2 Å². The van der Waals surface area contributed by atoms with Gasteiger partial charge in [0, 0.05) is 16.7 Å². The molecule has 2 amide bonds. The van der Waals surface area contributed by atoms with Crippen molar-refractivity contribution in [1.29, 1.82) is 0 Å². The number of hydrogen-bond donors (Lipinski definition) is 3. The number of carbonyl (C=O) groups is 3. The maximum absolute atomic E-state index is 13.1. The zero-order valence-corrected chi connectivity index (χ0v) is 20.4. The number of nitrogens with zero attached hydrogens (tertiary/aromatic N) is 4. The molecule has 0 aromatic carbocycles. The van der Waals surface area contributed by atoms with E-state index in [4.69, 9.17) is 10.6 Å². The van der Waals surface area contributed by atoms with Crippen molar-refractivity contribution < 1.29 is 28.8 Å². The number of nitrogen functional groups attached to an aromatic ring is 1. The van der Waals surface area contributed by atoms with Gasteiger partial charge < -0.3 is 25.5 Å². The van der Waals surface area contributed by atoms with E-state index in [1.807, 2.05) is 0 Å². The molecule has 2 atom stereocenters. The average molecular weight is 508 g/mol. The number of carboxylic acid groups (broad SMARTS) is 1. The van der Waals surface area contributed by atoms with Gasteiger partial charge in [0.2, 0.25) is 0 Å². The van der Waals surface area contributed by atoms with E-state index in [1.165, 1.54) is 43.0 Å². The summed E-state index contributed by atoms with van der Waals surface area (Å²) in [4.78, 5) is 48.4. The van der Waals surface area contributed by atoms with Crippen LogP contribution in [0.5, 0.6) is 0 Å². The molecule has 6 rings (SSSR count). The summed E-state index contributed by atoms with van der Waals surface area (Å²) in [5.74, 6) is -0.831.